The molecule has 3 aromatic heterocycles. The summed E-state index contributed by atoms with van der Waals surface area (Å²) in [5.74, 6) is 0.172. The van der Waals surface area contributed by atoms with Gasteiger partial charge in [0.25, 0.3) is 0 Å². The van der Waals surface area contributed by atoms with Crippen LogP contribution in [0.1, 0.15) is 18.5 Å². The van der Waals surface area contributed by atoms with Gasteiger partial charge in [-0.05, 0) is 53.0 Å². The minimum atomic E-state index is -0.300. The van der Waals surface area contributed by atoms with Gasteiger partial charge in [-0.3, -0.25) is 4.98 Å². The fraction of sp³-hybridized carbons (Fsp3) is 0.286. The van der Waals surface area contributed by atoms with Crippen LogP contribution in [0.3, 0.4) is 0 Å². The number of ether oxygens (including phenoxy) is 1. The second-order valence-corrected chi connectivity index (χ2v) is 8.47. The molecule has 0 unspecified atom stereocenters. The van der Waals surface area contributed by atoms with Crippen LogP contribution in [-0.4, -0.2) is 38.8 Å². The molecule has 3 N–H and O–H groups in total. The summed E-state index contributed by atoms with van der Waals surface area (Å²) in [6.07, 6.45) is 5.60. The maximum absolute atomic E-state index is 13.7. The highest BCUT2D eigenvalue weighted by molar-refractivity contribution is 9.10. The van der Waals surface area contributed by atoms with Crippen molar-refractivity contribution < 1.29 is 9.13 Å². The third kappa shape index (κ3) is 3.32. The van der Waals surface area contributed by atoms with Crippen LogP contribution in [0.25, 0.3) is 27.7 Å². The number of methoxy groups -OCH3 is 1. The zero-order chi connectivity index (χ0) is 20.9. The van der Waals surface area contributed by atoms with Gasteiger partial charge in [0.1, 0.15) is 11.6 Å². The van der Waals surface area contributed by atoms with Crippen molar-refractivity contribution in [3.05, 3.63) is 52.6 Å². The van der Waals surface area contributed by atoms with Crippen LogP contribution in [0.15, 0.2) is 41.1 Å². The molecule has 1 saturated carbocycles. The fourth-order valence-corrected chi connectivity index (χ4v) is 4.08. The lowest BCUT2D eigenvalue weighted by molar-refractivity contribution is 0.156. The Morgan fingerprint density at radius 1 is 1.30 bits per heavy atom. The molecule has 0 radical (unpaired) electrons. The smallest absolute Gasteiger partial charge is 0.165 e. The van der Waals surface area contributed by atoms with E-state index in [0.717, 1.165) is 35.2 Å². The summed E-state index contributed by atoms with van der Waals surface area (Å²) in [6.45, 7) is 1.22. The number of nitrogen functional groups attached to an aromatic ring is 1. The van der Waals surface area contributed by atoms with Gasteiger partial charge in [0.15, 0.2) is 5.65 Å². The molecule has 0 aliphatic heterocycles. The van der Waals surface area contributed by atoms with E-state index in [1.165, 1.54) is 12.1 Å². The van der Waals surface area contributed by atoms with Gasteiger partial charge >= 0.3 is 0 Å². The van der Waals surface area contributed by atoms with Gasteiger partial charge in [0.05, 0.1) is 28.5 Å². The summed E-state index contributed by atoms with van der Waals surface area (Å²) in [5.41, 5.74) is 10.1. The van der Waals surface area contributed by atoms with E-state index in [1.807, 2.05) is 6.07 Å². The zero-order valence-electron chi connectivity index (χ0n) is 16.3. The highest BCUT2D eigenvalue weighted by Gasteiger charge is 2.42. The normalized spacial score (nSPS) is 15.2. The number of rotatable bonds is 6. The minimum Gasteiger partial charge on any atom is -0.383 e. The van der Waals surface area contributed by atoms with Gasteiger partial charge in [-0.25, -0.2) is 9.37 Å². The van der Waals surface area contributed by atoms with Gasteiger partial charge in [0.2, 0.25) is 0 Å². The first-order valence-electron chi connectivity index (χ1n) is 9.61. The number of nitrogens with two attached hydrogens (primary N) is 1. The molecule has 1 aliphatic rings. The van der Waals surface area contributed by atoms with Gasteiger partial charge in [0, 0.05) is 41.9 Å². The monoisotopic (exact) mass is 470 g/mol. The van der Waals surface area contributed by atoms with Crippen LogP contribution in [-0.2, 0) is 11.3 Å². The quantitative estimate of drug-likeness (QED) is 0.446. The summed E-state index contributed by atoms with van der Waals surface area (Å²) in [5, 5.41) is 8.66. The number of benzene rings is 1. The molecule has 1 aliphatic carbocycles. The number of hydrogen-bond donors (Lipinski definition) is 2. The van der Waals surface area contributed by atoms with E-state index >= 15 is 0 Å². The summed E-state index contributed by atoms with van der Waals surface area (Å²) in [7, 11) is 1.71. The fourth-order valence-electron chi connectivity index (χ4n) is 3.68. The molecule has 0 amide bonds. The Bertz CT molecular complexity index is 1270. The van der Waals surface area contributed by atoms with E-state index in [4.69, 9.17) is 15.5 Å². The lowest BCUT2D eigenvalue weighted by atomic mass is 10.1. The average Bonchev–Trinajstić information content (AvgIpc) is 3.37. The van der Waals surface area contributed by atoms with Crippen LogP contribution < -0.4 is 11.1 Å². The van der Waals surface area contributed by atoms with Crippen molar-refractivity contribution in [1.82, 2.24) is 24.9 Å². The van der Waals surface area contributed by atoms with E-state index in [2.05, 4.69) is 31.3 Å². The molecule has 5 rings (SSSR count). The van der Waals surface area contributed by atoms with E-state index in [0.29, 0.717) is 34.5 Å². The minimum absolute atomic E-state index is 0.0200. The standard InChI is InChI=1S/C21H20BrFN6O/c1-30-11-21(4-5-21)26-10-17-18(22)19(24)29-20(28-17)15(9-27-29)13-6-12-7-14(23)2-3-16(12)25-8-13/h2-3,6-9,26H,4-5,10-11,24H2,1H3. The number of anilines is 1. The van der Waals surface area contributed by atoms with E-state index in [9.17, 15) is 4.39 Å². The molecule has 0 atom stereocenters. The molecule has 1 aromatic carbocycles. The molecule has 4 aromatic rings. The van der Waals surface area contributed by atoms with Crippen LogP contribution >= 0.6 is 15.9 Å². The number of fused-ring (bicyclic) bond motifs is 2. The Labute approximate surface area is 180 Å². The van der Waals surface area contributed by atoms with Gasteiger partial charge in [-0.15, -0.1) is 0 Å². The molecule has 0 spiro atoms. The molecule has 7 nitrogen and oxygen atoms in total. The predicted octanol–water partition coefficient (Wildman–Crippen LogP) is 3.70. The molecule has 9 heteroatoms. The van der Waals surface area contributed by atoms with Crippen LogP contribution in [0, 0.1) is 5.82 Å². The zero-order valence-corrected chi connectivity index (χ0v) is 17.9. The third-order valence-electron chi connectivity index (χ3n) is 5.55. The average molecular weight is 471 g/mol. The van der Waals surface area contributed by atoms with Crippen molar-refractivity contribution in [3.63, 3.8) is 0 Å². The van der Waals surface area contributed by atoms with Crippen molar-refractivity contribution >= 4 is 38.3 Å². The maximum Gasteiger partial charge on any atom is 0.165 e. The highest BCUT2D eigenvalue weighted by atomic mass is 79.9. The topological polar surface area (TPSA) is 90.4 Å². The number of nitrogens with one attached hydrogen (secondary N) is 1. The van der Waals surface area contributed by atoms with E-state index in [1.54, 1.807) is 30.1 Å². The van der Waals surface area contributed by atoms with Crippen LogP contribution in [0.2, 0.25) is 0 Å². The second-order valence-electron chi connectivity index (χ2n) is 7.68. The van der Waals surface area contributed by atoms with Gasteiger partial charge in [-0.1, -0.05) is 0 Å². The predicted molar refractivity (Wildman–Crippen MR) is 116 cm³/mol. The number of nitrogens with zero attached hydrogens (tertiary/aromatic N) is 4. The first-order valence-corrected chi connectivity index (χ1v) is 10.4. The molecular weight excluding hydrogens is 451 g/mol. The van der Waals surface area contributed by atoms with Crippen LogP contribution in [0.5, 0.6) is 0 Å². The van der Waals surface area contributed by atoms with Crippen molar-refractivity contribution in [1.29, 1.82) is 0 Å². The molecule has 1 fully saturated rings. The summed E-state index contributed by atoms with van der Waals surface area (Å²) in [6, 6.07) is 6.42. The largest absolute Gasteiger partial charge is 0.383 e. The van der Waals surface area contributed by atoms with E-state index in [-0.39, 0.29) is 11.4 Å². The van der Waals surface area contributed by atoms with Gasteiger partial charge < -0.3 is 15.8 Å². The second kappa shape index (κ2) is 7.26. The SMILES string of the molecule is COCC1(NCc2nc3c(-c4cnc5ccc(F)cc5c4)cnn3c(N)c2Br)CC1. The number of aromatic nitrogens is 4. The summed E-state index contributed by atoms with van der Waals surface area (Å²) < 4.78 is 21.3. The molecule has 30 heavy (non-hydrogen) atoms. The number of pyridine rings is 1. The van der Waals surface area contributed by atoms with Crippen LogP contribution in [0.4, 0.5) is 10.2 Å². The Morgan fingerprint density at radius 3 is 2.90 bits per heavy atom. The Balaban J connectivity index is 1.56. The lowest BCUT2D eigenvalue weighted by Gasteiger charge is -2.17. The molecular formula is C21H20BrFN6O. The van der Waals surface area contributed by atoms with Crippen molar-refractivity contribution in [2.45, 2.75) is 24.9 Å². The van der Waals surface area contributed by atoms with Gasteiger partial charge in [-0.2, -0.15) is 9.61 Å². The lowest BCUT2D eigenvalue weighted by Crippen LogP contribution is -2.35. The Kier molecular flexibility index (Phi) is 4.68. The highest BCUT2D eigenvalue weighted by Crippen LogP contribution is 2.36. The first-order chi connectivity index (χ1) is 14.5. The van der Waals surface area contributed by atoms with Crippen molar-refractivity contribution in [2.75, 3.05) is 19.5 Å². The Morgan fingerprint density at radius 2 is 2.13 bits per heavy atom. The number of hydrogen-bond acceptors (Lipinski definition) is 6. The third-order valence-corrected chi connectivity index (χ3v) is 6.41. The van der Waals surface area contributed by atoms with Crippen molar-refractivity contribution in [2.24, 2.45) is 0 Å². The molecule has 3 heterocycles. The molecule has 0 bridgehead atoms. The molecule has 154 valence electrons. The molecule has 0 saturated heterocycles. The van der Waals surface area contributed by atoms with Crippen molar-refractivity contribution in [3.8, 4) is 11.1 Å². The number of halogens is 2. The maximum atomic E-state index is 13.7. The summed E-state index contributed by atoms with van der Waals surface area (Å²) >= 11 is 3.56. The van der Waals surface area contributed by atoms with E-state index < -0.39 is 0 Å². The summed E-state index contributed by atoms with van der Waals surface area (Å²) in [4.78, 5) is 9.28. The Hall–Kier alpha value is -2.62. The first kappa shape index (κ1) is 19.3.